The predicted octanol–water partition coefficient (Wildman–Crippen LogP) is -9.17. The summed E-state index contributed by atoms with van der Waals surface area (Å²) < 4.78 is 31.9. The molecule has 0 aromatic carbocycles. The van der Waals surface area contributed by atoms with E-state index in [1.807, 2.05) is 6.79 Å². The molecular weight excluding hydrogens is 582 g/mol. The fourth-order valence-electron chi connectivity index (χ4n) is 4.58. The maximum Gasteiger partial charge on any atom is 0.218 e. The lowest BCUT2D eigenvalue weighted by molar-refractivity contribution is -0.509. The molecule has 0 aromatic heterocycles. The number of aliphatic hydroxyl groups is 10. The third kappa shape index (κ3) is 8.34. The Balaban J connectivity index is 0.00000301. The predicted molar refractivity (Wildman–Crippen MR) is 125 cm³/mol. The molecule has 20 heteroatoms. The van der Waals surface area contributed by atoms with E-state index >= 15 is 0 Å². The molecule has 0 aromatic rings. The second-order valence-corrected chi connectivity index (χ2v) is 9.54. The van der Waals surface area contributed by atoms with Crippen molar-refractivity contribution in [3.63, 3.8) is 0 Å². The van der Waals surface area contributed by atoms with Crippen LogP contribution in [0.2, 0.25) is 0 Å². The summed E-state index contributed by atoms with van der Waals surface area (Å²) in [5.41, 5.74) is 4.97. The van der Waals surface area contributed by atoms with Gasteiger partial charge in [-0.3, -0.25) is 4.79 Å². The van der Waals surface area contributed by atoms with E-state index < -0.39 is 131 Å². The summed E-state index contributed by atoms with van der Waals surface area (Å²) in [5, 5.41) is 113. The maximum atomic E-state index is 12.1. The molecule has 246 valence electrons. The number of carbonyl (C=O) groups is 2. The molecule has 1 amide bonds. The smallest absolute Gasteiger partial charge is 0.218 e. The van der Waals surface area contributed by atoms with Crippen molar-refractivity contribution < 1.29 is 94.2 Å². The van der Waals surface area contributed by atoms with Gasteiger partial charge in [0, 0.05) is 6.42 Å². The Bertz CT molecular complexity index is 823. The largest absolute Gasteiger partial charge is 0.831 e. The van der Waals surface area contributed by atoms with Gasteiger partial charge in [0.1, 0.15) is 80.0 Å². The van der Waals surface area contributed by atoms with Gasteiger partial charge in [-0.1, -0.05) is 0 Å². The van der Waals surface area contributed by atoms with E-state index in [4.69, 9.17) is 38.9 Å². The summed E-state index contributed by atoms with van der Waals surface area (Å²) >= 11 is 0. The first-order chi connectivity index (χ1) is 19.8. The zero-order chi connectivity index (χ0) is 31.9. The van der Waals surface area contributed by atoms with Crippen molar-refractivity contribution in [2.24, 2.45) is 5.73 Å². The van der Waals surface area contributed by atoms with E-state index in [2.05, 4.69) is 0 Å². The van der Waals surface area contributed by atoms with Crippen molar-refractivity contribution in [3.8, 4) is 0 Å². The van der Waals surface area contributed by atoms with Crippen molar-refractivity contribution in [1.29, 1.82) is 0 Å². The summed E-state index contributed by atoms with van der Waals surface area (Å²) in [6.07, 6.45) is -29.4. The molecule has 0 saturated carbocycles. The van der Waals surface area contributed by atoms with Crippen molar-refractivity contribution in [3.05, 3.63) is 0 Å². The van der Waals surface area contributed by atoms with Crippen LogP contribution in [0.4, 0.5) is 0 Å². The number of rotatable bonds is 11. The molecule has 3 heterocycles. The van der Waals surface area contributed by atoms with Crippen LogP contribution in [0.3, 0.4) is 0 Å². The lowest BCUT2D eigenvalue weighted by Gasteiger charge is -2.49. The van der Waals surface area contributed by atoms with Crippen molar-refractivity contribution in [2.45, 2.75) is 105 Å². The van der Waals surface area contributed by atoms with Crippen molar-refractivity contribution >= 4 is 12.7 Å². The first kappa shape index (κ1) is 36.7. The zero-order valence-electron chi connectivity index (χ0n) is 22.0. The number of carbonyl (C=O) groups excluding carboxylic acids is 2. The van der Waals surface area contributed by atoms with Crippen LogP contribution in [-0.2, 0) is 38.0 Å². The molecule has 20 nitrogen and oxygen atoms in total. The molecule has 0 spiro atoms. The van der Waals surface area contributed by atoms with Gasteiger partial charge >= 0.3 is 0 Å². The summed E-state index contributed by atoms with van der Waals surface area (Å²) in [6, 6.07) is 0. The topological polar surface area (TPSA) is 341 Å². The van der Waals surface area contributed by atoms with E-state index in [9.17, 15) is 61.0 Å². The summed E-state index contributed by atoms with van der Waals surface area (Å²) in [6.45, 7) is -0.540. The molecule has 3 aliphatic rings. The average molecular weight is 621 g/mol. The minimum atomic E-state index is -2.15. The fourth-order valence-corrected chi connectivity index (χ4v) is 4.58. The van der Waals surface area contributed by atoms with Gasteiger partial charge in [0.15, 0.2) is 18.9 Å². The number of aliphatic hydroxyl groups excluding tert-OH is 10. The second-order valence-electron chi connectivity index (χ2n) is 9.54. The number of nitrogens with two attached hydrogens (primary N) is 1. The highest BCUT2D eigenvalue weighted by atomic mass is 16.8. The van der Waals surface area contributed by atoms with Gasteiger partial charge in [0.2, 0.25) is 5.91 Å². The fraction of sp³-hybridized carbons (Fsp3) is 0.909. The van der Waals surface area contributed by atoms with Crippen LogP contribution in [-0.4, -0.2) is 182 Å². The molecule has 0 radical (unpaired) electrons. The van der Waals surface area contributed by atoms with Crippen LogP contribution in [0.25, 0.3) is 0 Å². The van der Waals surface area contributed by atoms with Crippen molar-refractivity contribution in [2.75, 3.05) is 19.8 Å². The van der Waals surface area contributed by atoms with Crippen LogP contribution < -0.4 is 10.8 Å². The van der Waals surface area contributed by atoms with Crippen LogP contribution in [0.1, 0.15) is 6.42 Å². The minimum absolute atomic E-state index is 0.802. The molecule has 12 N–H and O–H groups in total. The van der Waals surface area contributed by atoms with Crippen LogP contribution in [0.15, 0.2) is 0 Å². The molecule has 0 aliphatic carbocycles. The quantitative estimate of drug-likeness (QED) is 0.0955. The van der Waals surface area contributed by atoms with E-state index in [1.54, 1.807) is 0 Å². The van der Waals surface area contributed by atoms with E-state index in [0.29, 0.717) is 0 Å². The zero-order valence-corrected chi connectivity index (χ0v) is 22.0. The molecule has 3 aliphatic heterocycles. The van der Waals surface area contributed by atoms with Gasteiger partial charge in [-0.2, -0.15) is 0 Å². The summed E-state index contributed by atoms with van der Waals surface area (Å²) in [4.78, 5) is 19.1. The van der Waals surface area contributed by atoms with E-state index in [1.165, 1.54) is 0 Å². The van der Waals surface area contributed by atoms with Gasteiger partial charge in [-0.15, -0.1) is 0 Å². The van der Waals surface area contributed by atoms with Gasteiger partial charge in [0.25, 0.3) is 0 Å². The third-order valence-electron chi connectivity index (χ3n) is 6.74. The molecule has 16 atom stereocenters. The van der Waals surface area contributed by atoms with Crippen LogP contribution in [0, 0.1) is 0 Å². The molecular formula is C22H38NO19-. The Morgan fingerprint density at radius 2 is 1.14 bits per heavy atom. The number of ether oxygens (including phenoxy) is 6. The van der Waals surface area contributed by atoms with E-state index in [-0.39, 0.29) is 0 Å². The molecule has 3 fully saturated rings. The Kier molecular flexibility index (Phi) is 14.4. The Morgan fingerprint density at radius 3 is 1.67 bits per heavy atom. The molecule has 3 rings (SSSR count). The van der Waals surface area contributed by atoms with Gasteiger partial charge in [-0.05, 0) is 6.29 Å². The van der Waals surface area contributed by atoms with E-state index in [0.717, 1.165) is 0 Å². The first-order valence-corrected chi connectivity index (χ1v) is 12.6. The highest BCUT2D eigenvalue weighted by Gasteiger charge is 2.53. The monoisotopic (exact) mass is 620 g/mol. The number of hydrogen-bond acceptors (Lipinski definition) is 19. The molecule has 16 unspecified atom stereocenters. The van der Waals surface area contributed by atoms with Crippen LogP contribution in [0.5, 0.6) is 0 Å². The lowest BCUT2D eigenvalue weighted by Crippen LogP contribution is -2.67. The average Bonchev–Trinajstić information content (AvgIpc) is 2.96. The highest BCUT2D eigenvalue weighted by molar-refractivity contribution is 5.73. The maximum absolute atomic E-state index is 12.1. The Labute approximate surface area is 237 Å². The number of primary amides is 1. The second kappa shape index (κ2) is 16.5. The Hall–Kier alpha value is -1.54. The summed E-state index contributed by atoms with van der Waals surface area (Å²) in [7, 11) is 0. The minimum Gasteiger partial charge on any atom is -0.831 e. The Morgan fingerprint density at radius 1 is 0.690 bits per heavy atom. The third-order valence-corrected chi connectivity index (χ3v) is 6.74. The number of hydrogen-bond donors (Lipinski definition) is 11. The lowest BCUT2D eigenvalue weighted by atomic mass is 9.96. The van der Waals surface area contributed by atoms with Crippen molar-refractivity contribution in [1.82, 2.24) is 0 Å². The van der Waals surface area contributed by atoms with Gasteiger partial charge < -0.3 is 95.1 Å². The standard InChI is InChI=1S/C21H36NO18.CH2O/c22-8(26)1-9(27)38-18-11(29)10(28)5(2-23)36-21(18)40-17-7(4-25)37-20(15(33)13(17)31)39-16-6(3-24)35-19(34)14(32)12(16)30;1-2/h5-7,9-21,23-25,28-34H,1-4H2,(H2,22,26);1H2/q-1;. The van der Waals surface area contributed by atoms with Crippen LogP contribution >= 0.6 is 0 Å². The molecule has 0 bridgehead atoms. The SMILES string of the molecule is C=O.NC(=O)CC([O-])OC1C(OC2C(CO)OC(OC3C(CO)OC(O)C(O)C3O)C(O)C2O)OC(CO)C(O)C1O. The normalized spacial score (nSPS) is 45.0. The van der Waals surface area contributed by atoms with Gasteiger partial charge in [-0.25, -0.2) is 0 Å². The highest BCUT2D eigenvalue weighted by Crippen LogP contribution is 2.33. The first-order valence-electron chi connectivity index (χ1n) is 12.6. The molecule has 3 saturated heterocycles. The van der Waals surface area contributed by atoms with Gasteiger partial charge in [0.05, 0.1) is 19.8 Å². The molecule has 42 heavy (non-hydrogen) atoms. The number of amides is 1. The summed E-state index contributed by atoms with van der Waals surface area (Å²) in [5.74, 6) is -1.04.